The second-order valence-corrected chi connectivity index (χ2v) is 6.33. The first kappa shape index (κ1) is 14.5. The van der Waals surface area contributed by atoms with Crippen LogP contribution in [0.2, 0.25) is 0 Å². The molecule has 0 aliphatic heterocycles. The molecule has 0 aromatic carbocycles. The van der Waals surface area contributed by atoms with Crippen molar-refractivity contribution in [1.82, 2.24) is 10.1 Å². The minimum atomic E-state index is -0.771. The molecule has 3 rings (SSSR count). The Balaban J connectivity index is 1.78. The zero-order valence-electron chi connectivity index (χ0n) is 12.5. The van der Waals surface area contributed by atoms with Crippen molar-refractivity contribution < 1.29 is 19.2 Å². The quantitative estimate of drug-likeness (QED) is 0.868. The molecule has 2 aliphatic rings. The number of carboxylic acids is 1. The lowest BCUT2D eigenvalue weighted by molar-refractivity contribution is -0.142. The summed E-state index contributed by atoms with van der Waals surface area (Å²) >= 11 is 0. The van der Waals surface area contributed by atoms with E-state index in [4.69, 9.17) is 9.26 Å². The highest BCUT2D eigenvalue weighted by Gasteiger charge is 2.42. The predicted molar refractivity (Wildman–Crippen MR) is 73.7 cm³/mol. The molecule has 2 fully saturated rings. The molecule has 1 N–H and O–H groups in total. The van der Waals surface area contributed by atoms with Crippen molar-refractivity contribution in [3.63, 3.8) is 0 Å². The molecule has 1 heterocycles. The van der Waals surface area contributed by atoms with E-state index in [1.54, 1.807) is 0 Å². The lowest BCUT2D eigenvalue weighted by Gasteiger charge is -2.12. The molecule has 21 heavy (non-hydrogen) atoms. The van der Waals surface area contributed by atoms with Crippen molar-refractivity contribution in [2.45, 2.75) is 51.6 Å². The van der Waals surface area contributed by atoms with Crippen LogP contribution >= 0.6 is 0 Å². The second-order valence-electron chi connectivity index (χ2n) is 6.33. The fourth-order valence-corrected chi connectivity index (χ4v) is 3.35. The van der Waals surface area contributed by atoms with Gasteiger partial charge in [-0.3, -0.25) is 4.79 Å². The smallest absolute Gasteiger partial charge is 0.307 e. The van der Waals surface area contributed by atoms with E-state index < -0.39 is 11.9 Å². The van der Waals surface area contributed by atoms with Crippen molar-refractivity contribution in [3.8, 4) is 0 Å². The summed E-state index contributed by atoms with van der Waals surface area (Å²) in [5.74, 6) is 0.545. The van der Waals surface area contributed by atoms with Gasteiger partial charge in [-0.15, -0.1) is 0 Å². The summed E-state index contributed by atoms with van der Waals surface area (Å²) in [5.41, 5.74) is 0. The van der Waals surface area contributed by atoms with Crippen molar-refractivity contribution in [2.24, 2.45) is 17.8 Å². The summed E-state index contributed by atoms with van der Waals surface area (Å²) in [6.45, 7) is 4.64. The van der Waals surface area contributed by atoms with Gasteiger partial charge in [-0.05, 0) is 44.4 Å². The van der Waals surface area contributed by atoms with E-state index in [2.05, 4.69) is 17.1 Å². The van der Waals surface area contributed by atoms with Gasteiger partial charge in [0.2, 0.25) is 11.7 Å². The molecular weight excluding hydrogens is 272 g/mol. The molecule has 1 aromatic rings. The van der Waals surface area contributed by atoms with Crippen LogP contribution in [0.5, 0.6) is 0 Å². The molecule has 2 saturated carbocycles. The average molecular weight is 294 g/mol. The topological polar surface area (TPSA) is 85.5 Å². The Labute approximate surface area is 123 Å². The zero-order chi connectivity index (χ0) is 15.0. The van der Waals surface area contributed by atoms with E-state index in [1.807, 2.05) is 6.92 Å². The summed E-state index contributed by atoms with van der Waals surface area (Å²) in [5, 5.41) is 13.4. The Morgan fingerprint density at radius 1 is 1.48 bits per heavy atom. The largest absolute Gasteiger partial charge is 0.481 e. The van der Waals surface area contributed by atoms with Crippen molar-refractivity contribution in [1.29, 1.82) is 0 Å². The van der Waals surface area contributed by atoms with Crippen LogP contribution in [-0.4, -0.2) is 27.8 Å². The Morgan fingerprint density at radius 2 is 2.24 bits per heavy atom. The van der Waals surface area contributed by atoms with Gasteiger partial charge in [0.1, 0.15) is 6.10 Å². The average Bonchev–Trinajstić information content (AvgIpc) is 3.02. The second kappa shape index (κ2) is 5.75. The lowest BCUT2D eigenvalue weighted by Crippen LogP contribution is -2.17. The minimum Gasteiger partial charge on any atom is -0.481 e. The van der Waals surface area contributed by atoms with E-state index in [1.165, 1.54) is 0 Å². The predicted octanol–water partition coefficient (Wildman–Crippen LogP) is 2.77. The van der Waals surface area contributed by atoms with Gasteiger partial charge in [-0.25, -0.2) is 0 Å². The molecule has 0 amide bonds. The van der Waals surface area contributed by atoms with Gasteiger partial charge in [-0.1, -0.05) is 12.1 Å². The summed E-state index contributed by atoms with van der Waals surface area (Å²) in [6, 6.07) is 0. The molecule has 0 radical (unpaired) electrons. The lowest BCUT2D eigenvalue weighted by atomic mass is 9.96. The van der Waals surface area contributed by atoms with E-state index in [0.717, 1.165) is 19.3 Å². The standard InChI is InChI=1S/C15H22N2O4/c1-3-20-12(9-4-5-9)13-16-14(21-17-13)10-6-8(2)7-11(10)15(18)19/h8-12H,3-7H2,1-2H3,(H,18,19). The van der Waals surface area contributed by atoms with Crippen molar-refractivity contribution in [3.05, 3.63) is 11.7 Å². The number of aliphatic carboxylic acids is 1. The third-order valence-electron chi connectivity index (χ3n) is 4.54. The number of carboxylic acid groups (broad SMARTS) is 1. The maximum Gasteiger partial charge on any atom is 0.307 e. The number of aromatic nitrogens is 2. The first-order valence-electron chi connectivity index (χ1n) is 7.78. The van der Waals surface area contributed by atoms with E-state index in [0.29, 0.717) is 36.6 Å². The monoisotopic (exact) mass is 294 g/mol. The molecular formula is C15H22N2O4. The third kappa shape index (κ3) is 2.95. The molecule has 2 aliphatic carbocycles. The van der Waals surface area contributed by atoms with Gasteiger partial charge < -0.3 is 14.4 Å². The fourth-order valence-electron chi connectivity index (χ4n) is 3.35. The van der Waals surface area contributed by atoms with E-state index in [9.17, 15) is 9.90 Å². The Hall–Kier alpha value is -1.43. The van der Waals surface area contributed by atoms with Gasteiger partial charge in [0.05, 0.1) is 11.8 Å². The van der Waals surface area contributed by atoms with Gasteiger partial charge in [0, 0.05) is 6.61 Å². The van der Waals surface area contributed by atoms with Crippen LogP contribution < -0.4 is 0 Å². The number of rotatable bonds is 6. The SMILES string of the molecule is CCOC(c1noc(C2CC(C)CC2C(=O)O)n1)C1CC1. The van der Waals surface area contributed by atoms with Gasteiger partial charge in [0.15, 0.2) is 0 Å². The highest BCUT2D eigenvalue weighted by molar-refractivity contribution is 5.71. The van der Waals surface area contributed by atoms with E-state index in [-0.39, 0.29) is 12.0 Å². The summed E-state index contributed by atoms with van der Waals surface area (Å²) < 4.78 is 11.1. The molecule has 116 valence electrons. The molecule has 0 spiro atoms. The highest BCUT2D eigenvalue weighted by Crippen LogP contribution is 2.45. The number of hydrogen-bond donors (Lipinski definition) is 1. The van der Waals surface area contributed by atoms with Crippen LogP contribution in [0.25, 0.3) is 0 Å². The Morgan fingerprint density at radius 3 is 2.86 bits per heavy atom. The Kier molecular flexibility index (Phi) is 3.97. The van der Waals surface area contributed by atoms with Crippen molar-refractivity contribution in [2.75, 3.05) is 6.61 Å². The normalized spacial score (nSPS) is 30.5. The fraction of sp³-hybridized carbons (Fsp3) is 0.800. The van der Waals surface area contributed by atoms with Crippen LogP contribution in [0.1, 0.15) is 63.3 Å². The molecule has 0 bridgehead atoms. The third-order valence-corrected chi connectivity index (χ3v) is 4.54. The summed E-state index contributed by atoms with van der Waals surface area (Å²) in [7, 11) is 0. The molecule has 0 saturated heterocycles. The number of hydrogen-bond acceptors (Lipinski definition) is 5. The Bertz CT molecular complexity index is 512. The molecule has 6 nitrogen and oxygen atoms in total. The van der Waals surface area contributed by atoms with Crippen molar-refractivity contribution >= 4 is 5.97 Å². The minimum absolute atomic E-state index is 0.102. The maximum absolute atomic E-state index is 11.4. The number of nitrogens with zero attached hydrogens (tertiary/aromatic N) is 2. The molecule has 4 atom stereocenters. The van der Waals surface area contributed by atoms with Crippen LogP contribution in [0, 0.1) is 17.8 Å². The first-order valence-corrected chi connectivity index (χ1v) is 7.78. The first-order chi connectivity index (χ1) is 10.1. The molecule has 4 unspecified atom stereocenters. The number of ether oxygens (including phenoxy) is 1. The van der Waals surface area contributed by atoms with Gasteiger partial charge >= 0.3 is 5.97 Å². The van der Waals surface area contributed by atoms with Gasteiger partial charge in [-0.2, -0.15) is 4.98 Å². The van der Waals surface area contributed by atoms with E-state index >= 15 is 0 Å². The molecule has 1 aromatic heterocycles. The maximum atomic E-state index is 11.4. The van der Waals surface area contributed by atoms with Crippen LogP contribution in [0.3, 0.4) is 0 Å². The summed E-state index contributed by atoms with van der Waals surface area (Å²) in [6.07, 6.45) is 3.63. The zero-order valence-corrected chi connectivity index (χ0v) is 12.5. The van der Waals surface area contributed by atoms with Crippen LogP contribution in [0.4, 0.5) is 0 Å². The van der Waals surface area contributed by atoms with Crippen LogP contribution in [-0.2, 0) is 9.53 Å². The van der Waals surface area contributed by atoms with Gasteiger partial charge in [0.25, 0.3) is 0 Å². The highest BCUT2D eigenvalue weighted by atomic mass is 16.5. The molecule has 6 heteroatoms. The summed E-state index contributed by atoms with van der Waals surface area (Å²) in [4.78, 5) is 15.9. The van der Waals surface area contributed by atoms with Crippen LogP contribution in [0.15, 0.2) is 4.52 Å². The number of carbonyl (C=O) groups is 1.